The number of anilines is 1. The molecule has 6 nitrogen and oxygen atoms in total. The second-order valence-electron chi connectivity index (χ2n) is 6.41. The topological polar surface area (TPSA) is 77.0 Å². The molecule has 10 heteroatoms. The van der Waals surface area contributed by atoms with E-state index >= 15 is 0 Å². The lowest BCUT2D eigenvalue weighted by Crippen LogP contribution is -2.20. The maximum absolute atomic E-state index is 13.6. The van der Waals surface area contributed by atoms with Gasteiger partial charge in [-0.1, -0.05) is 0 Å². The summed E-state index contributed by atoms with van der Waals surface area (Å²) in [4.78, 5) is 23.6. The van der Waals surface area contributed by atoms with Gasteiger partial charge < -0.3 is 10.1 Å². The van der Waals surface area contributed by atoms with Crippen LogP contribution in [0.3, 0.4) is 0 Å². The number of halogens is 4. The highest BCUT2D eigenvalue weighted by Crippen LogP contribution is 2.40. The Morgan fingerprint density at radius 3 is 2.48 bits per heavy atom. The molecule has 4 rings (SSSR count). The number of ether oxygens (including phenoxy) is 1. The molecule has 0 atom stereocenters. The van der Waals surface area contributed by atoms with E-state index in [-0.39, 0.29) is 11.6 Å². The first kappa shape index (κ1) is 18.8. The van der Waals surface area contributed by atoms with Gasteiger partial charge in [-0.05, 0) is 24.6 Å². The van der Waals surface area contributed by atoms with Crippen molar-refractivity contribution in [3.8, 4) is 17.0 Å². The van der Waals surface area contributed by atoms with Gasteiger partial charge in [-0.2, -0.15) is 8.78 Å². The molecule has 0 fully saturated rings. The van der Waals surface area contributed by atoms with Crippen LogP contribution in [-0.4, -0.2) is 27.0 Å². The molecule has 1 amide bonds. The minimum Gasteiger partial charge on any atom is -0.432 e. The van der Waals surface area contributed by atoms with Gasteiger partial charge in [0.1, 0.15) is 11.3 Å². The van der Waals surface area contributed by atoms with Crippen molar-refractivity contribution in [2.75, 3.05) is 5.32 Å². The second kappa shape index (κ2) is 6.80. The number of aryl methyl sites for hydroxylation is 1. The van der Waals surface area contributed by atoms with Crippen LogP contribution < -0.4 is 10.1 Å². The number of hydrogen-bond donors (Lipinski definition) is 1. The zero-order chi connectivity index (χ0) is 20.8. The van der Waals surface area contributed by atoms with Crippen molar-refractivity contribution in [1.29, 1.82) is 0 Å². The zero-order valence-corrected chi connectivity index (χ0v) is 14.8. The molecule has 0 radical (unpaired) electrons. The average Bonchev–Trinajstić information content (AvgIpc) is 2.94. The van der Waals surface area contributed by atoms with Crippen LogP contribution in [0.2, 0.25) is 0 Å². The van der Waals surface area contributed by atoms with Crippen molar-refractivity contribution in [2.45, 2.75) is 19.5 Å². The number of carbonyl (C=O) groups is 1. The van der Waals surface area contributed by atoms with E-state index in [1.54, 1.807) is 13.0 Å². The van der Waals surface area contributed by atoms with Crippen LogP contribution >= 0.6 is 0 Å². The van der Waals surface area contributed by atoms with Crippen molar-refractivity contribution in [3.05, 3.63) is 65.2 Å². The van der Waals surface area contributed by atoms with Crippen LogP contribution in [0.25, 0.3) is 11.3 Å². The van der Waals surface area contributed by atoms with Crippen LogP contribution in [0.4, 0.5) is 23.4 Å². The Morgan fingerprint density at radius 1 is 1.10 bits per heavy atom. The third-order valence-corrected chi connectivity index (χ3v) is 4.31. The van der Waals surface area contributed by atoms with Crippen molar-refractivity contribution >= 4 is 11.7 Å². The van der Waals surface area contributed by atoms with Gasteiger partial charge in [0, 0.05) is 11.1 Å². The fraction of sp³-hybridized carbons (Fsp3) is 0.158. The van der Waals surface area contributed by atoms with Crippen LogP contribution in [-0.2, 0) is 6.42 Å². The molecule has 1 aliphatic rings. The van der Waals surface area contributed by atoms with Crippen molar-refractivity contribution in [2.24, 2.45) is 0 Å². The highest BCUT2D eigenvalue weighted by atomic mass is 19.3. The van der Waals surface area contributed by atoms with E-state index in [2.05, 4.69) is 25.0 Å². The summed E-state index contributed by atoms with van der Waals surface area (Å²) < 4.78 is 58.7. The second-order valence-corrected chi connectivity index (χ2v) is 6.41. The highest BCUT2D eigenvalue weighted by molar-refractivity contribution is 6.04. The normalized spacial score (nSPS) is 14.2. The van der Waals surface area contributed by atoms with E-state index in [1.807, 2.05) is 0 Å². The molecule has 0 spiro atoms. The Morgan fingerprint density at radius 2 is 1.83 bits per heavy atom. The van der Waals surface area contributed by atoms with Gasteiger partial charge in [0.15, 0.2) is 17.5 Å². The number of hydrogen-bond acceptors (Lipinski definition) is 5. The predicted molar refractivity (Wildman–Crippen MR) is 93.6 cm³/mol. The number of carbonyl (C=O) groups excluding carboxylic acids is 1. The summed E-state index contributed by atoms with van der Waals surface area (Å²) in [5.41, 5.74) is 1.15. The quantitative estimate of drug-likeness (QED) is 0.670. The van der Waals surface area contributed by atoms with Gasteiger partial charge in [-0.3, -0.25) is 14.8 Å². The van der Waals surface area contributed by atoms with Crippen LogP contribution in [0.5, 0.6) is 5.75 Å². The molecule has 3 aromatic rings. The highest BCUT2D eigenvalue weighted by Gasteiger charge is 2.40. The van der Waals surface area contributed by atoms with E-state index in [0.717, 1.165) is 12.4 Å². The summed E-state index contributed by atoms with van der Waals surface area (Å²) in [5.74, 6) is -3.19. The number of nitrogens with one attached hydrogen (secondary N) is 1. The van der Waals surface area contributed by atoms with E-state index in [1.165, 1.54) is 18.5 Å². The molecule has 148 valence electrons. The number of amides is 1. The lowest BCUT2D eigenvalue weighted by atomic mass is 10.0. The molecular weight excluding hydrogens is 392 g/mol. The molecule has 0 aliphatic carbocycles. The molecule has 0 unspecified atom stereocenters. The molecular formula is C19H12F4N4O2. The Hall–Kier alpha value is -3.56. The first-order valence-corrected chi connectivity index (χ1v) is 8.36. The largest absolute Gasteiger partial charge is 0.432 e. The Balaban J connectivity index is 1.57. The number of alkyl halides is 2. The summed E-state index contributed by atoms with van der Waals surface area (Å²) in [6.45, 7) is 1.71. The molecule has 0 saturated carbocycles. The summed E-state index contributed by atoms with van der Waals surface area (Å²) in [5, 5.41) is 2.25. The summed E-state index contributed by atoms with van der Waals surface area (Å²) in [6, 6.07) is 3.05. The molecule has 3 heterocycles. The summed E-state index contributed by atoms with van der Waals surface area (Å²) >= 11 is 0. The number of fused-ring (bicyclic) bond motifs is 1. The molecule has 0 bridgehead atoms. The number of rotatable bonds is 3. The monoisotopic (exact) mass is 404 g/mol. The van der Waals surface area contributed by atoms with Crippen LogP contribution in [0.15, 0.2) is 36.9 Å². The number of nitrogens with zero attached hydrogens (tertiary/aromatic N) is 3. The first-order chi connectivity index (χ1) is 13.7. The smallest absolute Gasteiger partial charge is 0.402 e. The van der Waals surface area contributed by atoms with Gasteiger partial charge in [0.25, 0.3) is 5.91 Å². The minimum absolute atomic E-state index is 0.0389. The number of pyridine rings is 1. The minimum atomic E-state index is -3.25. The molecule has 1 aromatic carbocycles. The fourth-order valence-corrected chi connectivity index (χ4v) is 2.99. The Kier molecular flexibility index (Phi) is 4.40. The zero-order valence-electron chi connectivity index (χ0n) is 14.8. The fourth-order valence-electron chi connectivity index (χ4n) is 2.99. The molecule has 29 heavy (non-hydrogen) atoms. The third kappa shape index (κ3) is 3.60. The average molecular weight is 404 g/mol. The number of benzene rings is 1. The van der Waals surface area contributed by atoms with E-state index in [9.17, 15) is 22.4 Å². The maximum Gasteiger partial charge on any atom is 0.402 e. The number of aromatic nitrogens is 3. The predicted octanol–water partition coefficient (Wildman–Crippen LogP) is 3.91. The van der Waals surface area contributed by atoms with Crippen molar-refractivity contribution < 1.29 is 27.1 Å². The van der Waals surface area contributed by atoms with E-state index in [0.29, 0.717) is 22.4 Å². The van der Waals surface area contributed by atoms with Crippen molar-refractivity contribution in [3.63, 3.8) is 0 Å². The molecule has 1 N–H and O–H groups in total. The van der Waals surface area contributed by atoms with Gasteiger partial charge in [0.2, 0.25) is 0 Å². The third-order valence-electron chi connectivity index (χ3n) is 4.31. The summed E-state index contributed by atoms with van der Waals surface area (Å²) in [7, 11) is 0. The SMILES string of the molecule is Cc1cc2c(cc1-c1cnc(NC(=O)c3c(F)cncc3F)cn1)CC(F)(F)O2. The van der Waals surface area contributed by atoms with Crippen molar-refractivity contribution in [1.82, 2.24) is 15.0 Å². The van der Waals surface area contributed by atoms with E-state index < -0.39 is 35.6 Å². The molecule has 0 saturated heterocycles. The van der Waals surface area contributed by atoms with Gasteiger partial charge >= 0.3 is 6.11 Å². The Labute approximate surface area is 161 Å². The first-order valence-electron chi connectivity index (χ1n) is 8.36. The molecule has 1 aliphatic heterocycles. The van der Waals surface area contributed by atoms with Crippen LogP contribution in [0.1, 0.15) is 21.5 Å². The lowest BCUT2D eigenvalue weighted by molar-refractivity contribution is -0.159. The summed E-state index contributed by atoms with van der Waals surface area (Å²) in [6.07, 6.45) is 0.164. The lowest BCUT2D eigenvalue weighted by Gasteiger charge is -2.10. The van der Waals surface area contributed by atoms with Gasteiger partial charge in [0.05, 0.1) is 36.9 Å². The van der Waals surface area contributed by atoms with Crippen LogP contribution in [0, 0.1) is 18.6 Å². The van der Waals surface area contributed by atoms with Gasteiger partial charge in [-0.25, -0.2) is 13.8 Å². The standard InChI is InChI=1S/C19H12F4N4O2/c1-9-2-15-10(4-19(22,23)29-15)3-11(9)14-7-26-16(8-25-14)27-18(28)17-12(20)5-24-6-13(17)21/h2-3,5-8H,4H2,1H3,(H,26,27,28). The van der Waals surface area contributed by atoms with Gasteiger partial charge in [-0.15, -0.1) is 0 Å². The Bertz CT molecular complexity index is 1100. The maximum atomic E-state index is 13.6. The van der Waals surface area contributed by atoms with E-state index in [4.69, 9.17) is 0 Å². The molecule has 2 aromatic heterocycles.